The molecule has 1 aliphatic rings. The van der Waals surface area contributed by atoms with Crippen molar-refractivity contribution in [1.82, 2.24) is 19.9 Å². The second kappa shape index (κ2) is 5.69. The van der Waals surface area contributed by atoms with Crippen LogP contribution in [0.25, 0.3) is 0 Å². The van der Waals surface area contributed by atoms with E-state index in [1.165, 1.54) is 6.42 Å². The first-order chi connectivity index (χ1) is 9.02. The number of hydrogen-bond acceptors (Lipinski definition) is 4. The lowest BCUT2D eigenvalue weighted by molar-refractivity contribution is 0.0450. The van der Waals surface area contributed by atoms with Gasteiger partial charge in [0, 0.05) is 19.1 Å². The summed E-state index contributed by atoms with van der Waals surface area (Å²) in [5.41, 5.74) is 5.88. The van der Waals surface area contributed by atoms with E-state index >= 15 is 0 Å². The molecule has 2 heterocycles. The van der Waals surface area contributed by atoms with Gasteiger partial charge in [-0.25, -0.2) is 0 Å². The molecular formula is C13H23N5O. The first-order valence-electron chi connectivity index (χ1n) is 6.94. The van der Waals surface area contributed by atoms with Crippen LogP contribution in [0.1, 0.15) is 37.7 Å². The highest BCUT2D eigenvalue weighted by molar-refractivity contribution is 5.92. The summed E-state index contributed by atoms with van der Waals surface area (Å²) in [4.78, 5) is 14.4. The number of rotatable bonds is 3. The van der Waals surface area contributed by atoms with Crippen LogP contribution in [0.2, 0.25) is 0 Å². The number of hydrogen-bond donors (Lipinski definition) is 1. The summed E-state index contributed by atoms with van der Waals surface area (Å²) in [6.07, 6.45) is 2.86. The lowest BCUT2D eigenvalue weighted by atomic mass is 9.86. The van der Waals surface area contributed by atoms with Crippen LogP contribution in [0.4, 0.5) is 0 Å². The van der Waals surface area contributed by atoms with E-state index < -0.39 is 0 Å². The molecule has 1 amide bonds. The number of amides is 1. The Kier molecular flexibility index (Phi) is 4.19. The van der Waals surface area contributed by atoms with Crippen LogP contribution in [0.15, 0.2) is 6.20 Å². The van der Waals surface area contributed by atoms with Crippen molar-refractivity contribution in [3.63, 3.8) is 0 Å². The largest absolute Gasteiger partial charge is 0.334 e. The van der Waals surface area contributed by atoms with Crippen LogP contribution >= 0.6 is 0 Å². The number of carbonyl (C=O) groups excluding carboxylic acids is 1. The molecule has 106 valence electrons. The van der Waals surface area contributed by atoms with E-state index in [4.69, 9.17) is 5.73 Å². The summed E-state index contributed by atoms with van der Waals surface area (Å²) in [7, 11) is 0. The van der Waals surface area contributed by atoms with E-state index in [0.29, 0.717) is 30.6 Å². The third-order valence-corrected chi connectivity index (χ3v) is 3.97. The molecule has 0 aromatic carbocycles. The Morgan fingerprint density at radius 3 is 2.89 bits per heavy atom. The number of nitrogens with two attached hydrogens (primary N) is 1. The third kappa shape index (κ3) is 2.94. The molecule has 1 fully saturated rings. The zero-order valence-corrected chi connectivity index (χ0v) is 11.9. The van der Waals surface area contributed by atoms with Crippen LogP contribution in [-0.2, 0) is 6.54 Å². The van der Waals surface area contributed by atoms with Crippen molar-refractivity contribution < 1.29 is 4.79 Å². The van der Waals surface area contributed by atoms with Gasteiger partial charge in [0.25, 0.3) is 5.91 Å². The zero-order valence-electron chi connectivity index (χ0n) is 11.9. The zero-order chi connectivity index (χ0) is 14.0. The van der Waals surface area contributed by atoms with E-state index in [2.05, 4.69) is 31.1 Å². The SMILES string of the molecule is CC1CC(C)C(C)N(C(=O)c2cn(CCN)nn2)C1. The quantitative estimate of drug-likeness (QED) is 0.874. The highest BCUT2D eigenvalue weighted by atomic mass is 16.2. The average molecular weight is 265 g/mol. The van der Waals surface area contributed by atoms with E-state index in [0.717, 1.165) is 6.54 Å². The molecule has 6 heteroatoms. The molecule has 0 bridgehead atoms. The van der Waals surface area contributed by atoms with Crippen molar-refractivity contribution in [1.29, 1.82) is 0 Å². The molecule has 3 unspecified atom stereocenters. The molecule has 0 spiro atoms. The van der Waals surface area contributed by atoms with Crippen LogP contribution in [0.3, 0.4) is 0 Å². The van der Waals surface area contributed by atoms with Gasteiger partial charge in [-0.1, -0.05) is 19.1 Å². The molecule has 19 heavy (non-hydrogen) atoms. The molecule has 0 saturated carbocycles. The number of likely N-dealkylation sites (tertiary alicyclic amines) is 1. The minimum absolute atomic E-state index is 0.0193. The topological polar surface area (TPSA) is 77.0 Å². The fourth-order valence-electron chi connectivity index (χ4n) is 2.77. The Hall–Kier alpha value is -1.43. The predicted octanol–water partition coefficient (Wildman–Crippen LogP) is 0.743. The van der Waals surface area contributed by atoms with Gasteiger partial charge < -0.3 is 10.6 Å². The van der Waals surface area contributed by atoms with Gasteiger partial charge in [0.2, 0.25) is 0 Å². The van der Waals surface area contributed by atoms with Gasteiger partial charge in [-0.2, -0.15) is 0 Å². The summed E-state index contributed by atoms with van der Waals surface area (Å²) < 4.78 is 1.62. The Morgan fingerprint density at radius 2 is 2.21 bits per heavy atom. The van der Waals surface area contributed by atoms with Crippen molar-refractivity contribution >= 4 is 5.91 Å². The van der Waals surface area contributed by atoms with Crippen LogP contribution in [0.5, 0.6) is 0 Å². The maximum Gasteiger partial charge on any atom is 0.276 e. The molecule has 2 N–H and O–H groups in total. The van der Waals surface area contributed by atoms with E-state index in [1.807, 2.05) is 4.90 Å². The summed E-state index contributed by atoms with van der Waals surface area (Å²) >= 11 is 0. The van der Waals surface area contributed by atoms with Crippen molar-refractivity contribution in [2.75, 3.05) is 13.1 Å². The first-order valence-corrected chi connectivity index (χ1v) is 6.94. The maximum atomic E-state index is 12.5. The lowest BCUT2D eigenvalue weighted by Gasteiger charge is -2.40. The normalized spacial score (nSPS) is 27.6. The third-order valence-electron chi connectivity index (χ3n) is 3.97. The van der Waals surface area contributed by atoms with Gasteiger partial charge in [0.15, 0.2) is 5.69 Å². The molecule has 1 aliphatic heterocycles. The van der Waals surface area contributed by atoms with Crippen molar-refractivity contribution in [2.45, 2.75) is 39.8 Å². The second-order valence-electron chi connectivity index (χ2n) is 5.67. The Balaban J connectivity index is 2.12. The molecule has 2 rings (SSSR count). The Bertz CT molecular complexity index is 444. The van der Waals surface area contributed by atoms with E-state index in [-0.39, 0.29) is 11.9 Å². The van der Waals surface area contributed by atoms with E-state index in [9.17, 15) is 4.79 Å². The monoisotopic (exact) mass is 265 g/mol. The van der Waals surface area contributed by atoms with Crippen molar-refractivity contribution in [3.8, 4) is 0 Å². The molecule has 1 aromatic rings. The van der Waals surface area contributed by atoms with Crippen LogP contribution in [0, 0.1) is 11.8 Å². The molecule has 1 saturated heterocycles. The van der Waals surface area contributed by atoms with Crippen LogP contribution < -0.4 is 5.73 Å². The minimum atomic E-state index is -0.0193. The molecular weight excluding hydrogens is 242 g/mol. The number of aromatic nitrogens is 3. The molecule has 3 atom stereocenters. The van der Waals surface area contributed by atoms with Gasteiger partial charge in [-0.3, -0.25) is 9.48 Å². The fraction of sp³-hybridized carbons (Fsp3) is 0.769. The molecule has 0 aliphatic carbocycles. The van der Waals surface area contributed by atoms with Crippen LogP contribution in [-0.4, -0.2) is 44.9 Å². The number of nitrogens with zero attached hydrogens (tertiary/aromatic N) is 4. The standard InChI is InChI=1S/C13H23N5O/c1-9-6-10(2)11(3)18(7-9)13(19)12-8-17(5-4-14)16-15-12/h8-11H,4-7,14H2,1-3H3. The summed E-state index contributed by atoms with van der Waals surface area (Å²) in [6, 6.07) is 0.253. The van der Waals surface area contributed by atoms with E-state index in [1.54, 1.807) is 10.9 Å². The summed E-state index contributed by atoms with van der Waals surface area (Å²) in [5.74, 6) is 1.04. The fourth-order valence-corrected chi connectivity index (χ4v) is 2.77. The minimum Gasteiger partial charge on any atom is -0.334 e. The molecule has 1 aromatic heterocycles. The first kappa shape index (κ1) is 14.0. The van der Waals surface area contributed by atoms with Gasteiger partial charge in [-0.05, 0) is 25.2 Å². The molecule has 6 nitrogen and oxygen atoms in total. The van der Waals surface area contributed by atoms with Crippen molar-refractivity contribution in [2.24, 2.45) is 17.6 Å². The lowest BCUT2D eigenvalue weighted by Crippen LogP contribution is -2.49. The number of piperidine rings is 1. The summed E-state index contributed by atoms with van der Waals surface area (Å²) in [6.45, 7) is 8.38. The van der Waals surface area contributed by atoms with Crippen molar-refractivity contribution in [3.05, 3.63) is 11.9 Å². The van der Waals surface area contributed by atoms with Gasteiger partial charge in [0.1, 0.15) is 0 Å². The maximum absolute atomic E-state index is 12.5. The van der Waals surface area contributed by atoms with Gasteiger partial charge >= 0.3 is 0 Å². The second-order valence-corrected chi connectivity index (χ2v) is 5.67. The highest BCUT2D eigenvalue weighted by Gasteiger charge is 2.33. The Labute approximate surface area is 113 Å². The van der Waals surface area contributed by atoms with Gasteiger partial charge in [0.05, 0.1) is 12.7 Å². The summed E-state index contributed by atoms with van der Waals surface area (Å²) in [5, 5.41) is 7.88. The smallest absolute Gasteiger partial charge is 0.276 e. The molecule has 0 radical (unpaired) electrons. The van der Waals surface area contributed by atoms with Gasteiger partial charge in [-0.15, -0.1) is 5.10 Å². The predicted molar refractivity (Wildman–Crippen MR) is 72.5 cm³/mol. The number of carbonyl (C=O) groups is 1. The average Bonchev–Trinajstić information content (AvgIpc) is 2.82. The highest BCUT2D eigenvalue weighted by Crippen LogP contribution is 2.27. The Morgan fingerprint density at radius 1 is 1.47 bits per heavy atom.